The third kappa shape index (κ3) is 2.70. The van der Waals surface area contributed by atoms with Crippen LogP contribution >= 0.6 is 0 Å². The van der Waals surface area contributed by atoms with E-state index in [1.165, 1.54) is 0 Å². The average Bonchev–Trinajstić information content (AvgIpc) is 2.91. The van der Waals surface area contributed by atoms with Gasteiger partial charge < -0.3 is 10.4 Å². The van der Waals surface area contributed by atoms with Gasteiger partial charge >= 0.3 is 5.97 Å². The van der Waals surface area contributed by atoms with Gasteiger partial charge in [0.15, 0.2) is 0 Å². The maximum absolute atomic E-state index is 12.7. The molecule has 1 amide bonds. The van der Waals surface area contributed by atoms with Gasteiger partial charge in [-0.25, -0.2) is 4.79 Å². The predicted octanol–water partition coefficient (Wildman–Crippen LogP) is 3.11. The number of amides is 1. The van der Waals surface area contributed by atoms with Crippen LogP contribution in [0.3, 0.4) is 0 Å². The zero-order valence-electron chi connectivity index (χ0n) is 12.7. The van der Waals surface area contributed by atoms with Gasteiger partial charge in [-0.05, 0) is 50.9 Å². The molecule has 2 N–H and O–H groups in total. The molecule has 0 aliphatic heterocycles. The van der Waals surface area contributed by atoms with E-state index in [0.29, 0.717) is 18.8 Å². The molecule has 114 valence electrons. The Morgan fingerprint density at radius 3 is 2.15 bits per heavy atom. The van der Waals surface area contributed by atoms with Crippen LogP contribution in [0.5, 0.6) is 0 Å². The lowest BCUT2D eigenvalue weighted by Gasteiger charge is -2.39. The summed E-state index contributed by atoms with van der Waals surface area (Å²) in [6.45, 7) is 4.19. The highest BCUT2D eigenvalue weighted by molar-refractivity contribution is 5.90. The van der Waals surface area contributed by atoms with E-state index in [4.69, 9.17) is 0 Å². The molecule has 0 aromatic carbocycles. The van der Waals surface area contributed by atoms with Gasteiger partial charge in [0.2, 0.25) is 5.91 Å². The number of carbonyl (C=O) groups is 2. The van der Waals surface area contributed by atoms with Gasteiger partial charge in [-0.15, -0.1) is 0 Å². The standard InChI is InChI=1S/C16H27NO3/c1-3-15(8-4-5-9-15)13(18)17-16(14(19)20)10-6-12(2)7-11-16/h12H,3-11H2,1-2H3,(H,17,18)(H,19,20). The van der Waals surface area contributed by atoms with Crippen molar-refractivity contribution in [3.63, 3.8) is 0 Å². The highest BCUT2D eigenvalue weighted by Crippen LogP contribution is 2.42. The normalized spacial score (nSPS) is 32.8. The Morgan fingerprint density at radius 1 is 1.15 bits per heavy atom. The first-order valence-electron chi connectivity index (χ1n) is 8.00. The smallest absolute Gasteiger partial charge is 0.329 e. The van der Waals surface area contributed by atoms with E-state index in [1.54, 1.807) is 0 Å². The zero-order valence-corrected chi connectivity index (χ0v) is 12.7. The summed E-state index contributed by atoms with van der Waals surface area (Å²) >= 11 is 0. The number of rotatable bonds is 4. The van der Waals surface area contributed by atoms with Gasteiger partial charge in [-0.2, -0.15) is 0 Å². The molecule has 2 rings (SSSR count). The first kappa shape index (κ1) is 15.3. The summed E-state index contributed by atoms with van der Waals surface area (Å²) in [4.78, 5) is 24.4. The second kappa shape index (κ2) is 5.74. The van der Waals surface area contributed by atoms with Crippen LogP contribution in [0.4, 0.5) is 0 Å². The van der Waals surface area contributed by atoms with Crippen molar-refractivity contribution in [2.75, 3.05) is 0 Å². The summed E-state index contributed by atoms with van der Waals surface area (Å²) in [5.74, 6) is -0.317. The Labute approximate surface area is 121 Å². The van der Waals surface area contributed by atoms with Crippen LogP contribution in [0.25, 0.3) is 0 Å². The molecule has 2 saturated carbocycles. The number of carboxylic acid groups (broad SMARTS) is 1. The van der Waals surface area contributed by atoms with E-state index in [9.17, 15) is 14.7 Å². The van der Waals surface area contributed by atoms with Crippen LogP contribution in [0.15, 0.2) is 0 Å². The summed E-state index contributed by atoms with van der Waals surface area (Å²) in [7, 11) is 0. The molecule has 2 fully saturated rings. The van der Waals surface area contributed by atoms with Crippen molar-refractivity contribution in [2.45, 2.75) is 77.2 Å². The summed E-state index contributed by atoms with van der Waals surface area (Å²) in [5, 5.41) is 12.6. The number of hydrogen-bond donors (Lipinski definition) is 2. The molecule has 0 aromatic heterocycles. The van der Waals surface area contributed by atoms with Crippen molar-refractivity contribution in [2.24, 2.45) is 11.3 Å². The van der Waals surface area contributed by atoms with E-state index in [0.717, 1.165) is 44.9 Å². The average molecular weight is 281 g/mol. The summed E-state index contributed by atoms with van der Waals surface area (Å²) in [6, 6.07) is 0. The fourth-order valence-corrected chi connectivity index (χ4v) is 3.79. The highest BCUT2D eigenvalue weighted by Gasteiger charge is 2.47. The molecule has 20 heavy (non-hydrogen) atoms. The largest absolute Gasteiger partial charge is 0.480 e. The second-order valence-corrected chi connectivity index (χ2v) is 6.86. The zero-order chi connectivity index (χ0) is 14.8. The topological polar surface area (TPSA) is 66.4 Å². The molecule has 2 aliphatic rings. The third-order valence-electron chi connectivity index (χ3n) is 5.61. The van der Waals surface area contributed by atoms with Crippen molar-refractivity contribution >= 4 is 11.9 Å². The number of carbonyl (C=O) groups excluding carboxylic acids is 1. The molecule has 0 bridgehead atoms. The Hall–Kier alpha value is -1.06. The van der Waals surface area contributed by atoms with Crippen LogP contribution in [0.1, 0.15) is 71.6 Å². The quantitative estimate of drug-likeness (QED) is 0.832. The number of aliphatic carboxylic acids is 1. The Bertz CT molecular complexity index is 377. The minimum atomic E-state index is -1.02. The molecule has 0 saturated heterocycles. The van der Waals surface area contributed by atoms with Gasteiger partial charge in [-0.1, -0.05) is 26.7 Å². The first-order chi connectivity index (χ1) is 9.44. The molecule has 0 radical (unpaired) electrons. The molecule has 0 unspecified atom stereocenters. The fourth-order valence-electron chi connectivity index (χ4n) is 3.79. The summed E-state index contributed by atoms with van der Waals surface area (Å²) < 4.78 is 0. The van der Waals surface area contributed by atoms with E-state index in [-0.39, 0.29) is 11.3 Å². The van der Waals surface area contributed by atoms with E-state index in [1.807, 2.05) is 6.92 Å². The lowest BCUT2D eigenvalue weighted by Crippen LogP contribution is -2.59. The maximum Gasteiger partial charge on any atom is 0.329 e. The van der Waals surface area contributed by atoms with E-state index >= 15 is 0 Å². The predicted molar refractivity (Wildman–Crippen MR) is 77.3 cm³/mol. The minimum absolute atomic E-state index is 0.0190. The van der Waals surface area contributed by atoms with E-state index in [2.05, 4.69) is 12.2 Å². The van der Waals surface area contributed by atoms with Gasteiger partial charge in [0.25, 0.3) is 0 Å². The fraction of sp³-hybridized carbons (Fsp3) is 0.875. The van der Waals surface area contributed by atoms with Gasteiger partial charge in [0.1, 0.15) is 5.54 Å². The highest BCUT2D eigenvalue weighted by atomic mass is 16.4. The van der Waals surface area contributed by atoms with Crippen molar-refractivity contribution in [1.29, 1.82) is 0 Å². The second-order valence-electron chi connectivity index (χ2n) is 6.86. The first-order valence-corrected chi connectivity index (χ1v) is 8.00. The van der Waals surface area contributed by atoms with Crippen LogP contribution in [0.2, 0.25) is 0 Å². The molecular weight excluding hydrogens is 254 g/mol. The van der Waals surface area contributed by atoms with Crippen molar-refractivity contribution < 1.29 is 14.7 Å². The molecule has 0 atom stereocenters. The summed E-state index contributed by atoms with van der Waals surface area (Å²) in [5.41, 5.74) is -1.33. The summed E-state index contributed by atoms with van der Waals surface area (Å²) in [6.07, 6.45) is 7.67. The minimum Gasteiger partial charge on any atom is -0.480 e. The van der Waals surface area contributed by atoms with Crippen LogP contribution < -0.4 is 5.32 Å². The number of hydrogen-bond acceptors (Lipinski definition) is 2. The lowest BCUT2D eigenvalue weighted by atomic mass is 9.75. The Morgan fingerprint density at radius 2 is 1.70 bits per heavy atom. The van der Waals surface area contributed by atoms with Crippen LogP contribution in [0, 0.1) is 11.3 Å². The number of carboxylic acids is 1. The van der Waals surface area contributed by atoms with Crippen LogP contribution in [-0.2, 0) is 9.59 Å². The van der Waals surface area contributed by atoms with E-state index < -0.39 is 11.5 Å². The van der Waals surface area contributed by atoms with Gasteiger partial charge in [0.05, 0.1) is 0 Å². The molecule has 4 heteroatoms. The molecular formula is C16H27NO3. The molecule has 0 aromatic rings. The molecule has 4 nitrogen and oxygen atoms in total. The van der Waals surface area contributed by atoms with Crippen molar-refractivity contribution in [1.82, 2.24) is 5.32 Å². The molecule has 0 heterocycles. The van der Waals surface area contributed by atoms with Gasteiger partial charge in [0, 0.05) is 5.41 Å². The monoisotopic (exact) mass is 281 g/mol. The Kier molecular flexibility index (Phi) is 4.40. The molecule has 2 aliphatic carbocycles. The van der Waals surface area contributed by atoms with Crippen molar-refractivity contribution in [3.05, 3.63) is 0 Å². The lowest BCUT2D eigenvalue weighted by molar-refractivity contribution is -0.151. The van der Waals surface area contributed by atoms with Crippen molar-refractivity contribution in [3.8, 4) is 0 Å². The van der Waals surface area contributed by atoms with Crippen LogP contribution in [-0.4, -0.2) is 22.5 Å². The Balaban J connectivity index is 2.12. The third-order valence-corrected chi connectivity index (χ3v) is 5.61. The maximum atomic E-state index is 12.7. The van der Waals surface area contributed by atoms with Gasteiger partial charge in [-0.3, -0.25) is 4.79 Å². The molecule has 0 spiro atoms. The number of nitrogens with one attached hydrogen (secondary N) is 1. The SMILES string of the molecule is CCC1(C(=O)NC2(C(=O)O)CCC(C)CC2)CCCC1.